The van der Waals surface area contributed by atoms with Crippen LogP contribution in [-0.2, 0) is 4.79 Å². The van der Waals surface area contributed by atoms with Crippen molar-refractivity contribution in [2.45, 2.75) is 0 Å². The summed E-state index contributed by atoms with van der Waals surface area (Å²) in [5, 5.41) is 13.5. The number of nitrogens with one attached hydrogen (secondary N) is 1. The highest BCUT2D eigenvalue weighted by atomic mass is 16.6. The molecule has 0 aliphatic carbocycles. The highest BCUT2D eigenvalue weighted by Gasteiger charge is 2.29. The van der Waals surface area contributed by atoms with Gasteiger partial charge >= 0.3 is 0 Å². The van der Waals surface area contributed by atoms with E-state index < -0.39 is 10.8 Å². The zero-order valence-electron chi connectivity index (χ0n) is 13.9. The number of hydrogen-bond acceptors (Lipinski definition) is 5. The molecule has 2 aromatic carbocycles. The van der Waals surface area contributed by atoms with Crippen LogP contribution in [0, 0.1) is 10.1 Å². The summed E-state index contributed by atoms with van der Waals surface area (Å²) in [6, 6.07) is 16.0. The van der Waals surface area contributed by atoms with Gasteiger partial charge in [0.05, 0.1) is 16.3 Å². The molecule has 0 bridgehead atoms. The lowest BCUT2D eigenvalue weighted by molar-refractivity contribution is -0.384. The number of anilines is 2. The van der Waals surface area contributed by atoms with Gasteiger partial charge in [-0.1, -0.05) is 12.1 Å². The largest absolute Gasteiger partial charge is 0.451 e. The minimum absolute atomic E-state index is 0.0301. The summed E-state index contributed by atoms with van der Waals surface area (Å²) in [5.41, 5.74) is 1.73. The van der Waals surface area contributed by atoms with Crippen molar-refractivity contribution >= 4 is 28.9 Å². The van der Waals surface area contributed by atoms with Gasteiger partial charge in [0, 0.05) is 17.7 Å². The number of rotatable bonds is 3. The topological polar surface area (TPSA) is 106 Å². The first-order valence-electron chi connectivity index (χ1n) is 8.08. The Morgan fingerprint density at radius 1 is 1.07 bits per heavy atom. The highest BCUT2D eigenvalue weighted by Crippen LogP contribution is 2.31. The predicted molar refractivity (Wildman–Crippen MR) is 97.5 cm³/mol. The van der Waals surface area contributed by atoms with Gasteiger partial charge in [-0.25, -0.2) is 0 Å². The van der Waals surface area contributed by atoms with Gasteiger partial charge < -0.3 is 9.73 Å². The second-order valence-corrected chi connectivity index (χ2v) is 5.92. The summed E-state index contributed by atoms with van der Waals surface area (Å²) in [6.07, 6.45) is 0. The van der Waals surface area contributed by atoms with Crippen LogP contribution >= 0.6 is 0 Å². The number of amides is 2. The molecule has 134 valence electrons. The van der Waals surface area contributed by atoms with Crippen LogP contribution in [0.3, 0.4) is 0 Å². The molecule has 0 radical (unpaired) electrons. The molecule has 1 aliphatic rings. The van der Waals surface area contributed by atoms with Crippen molar-refractivity contribution in [3.8, 4) is 11.3 Å². The number of non-ortho nitro benzene ring substituents is 1. The molecule has 0 unspecified atom stereocenters. The fourth-order valence-electron chi connectivity index (χ4n) is 2.90. The summed E-state index contributed by atoms with van der Waals surface area (Å²) < 4.78 is 5.64. The normalized spacial score (nSPS) is 13.0. The lowest BCUT2D eigenvalue weighted by Gasteiger charge is -2.28. The van der Waals surface area contributed by atoms with Crippen LogP contribution in [0.15, 0.2) is 65.1 Å². The zero-order valence-corrected chi connectivity index (χ0v) is 13.9. The van der Waals surface area contributed by atoms with E-state index in [2.05, 4.69) is 5.32 Å². The molecule has 8 nitrogen and oxygen atoms in total. The summed E-state index contributed by atoms with van der Waals surface area (Å²) in [6.45, 7) is -0.108. The van der Waals surface area contributed by atoms with Crippen molar-refractivity contribution in [1.29, 1.82) is 0 Å². The molecule has 1 aromatic heterocycles. The monoisotopic (exact) mass is 363 g/mol. The van der Waals surface area contributed by atoms with Gasteiger partial charge in [0.1, 0.15) is 12.3 Å². The summed E-state index contributed by atoms with van der Waals surface area (Å²) in [5.74, 6) is -0.245. The molecule has 3 aromatic rings. The molecule has 0 atom stereocenters. The molecule has 4 rings (SSSR count). The number of hydrogen-bond donors (Lipinski definition) is 1. The number of para-hydroxylation sites is 2. The van der Waals surface area contributed by atoms with Gasteiger partial charge in [-0.15, -0.1) is 0 Å². The highest BCUT2D eigenvalue weighted by molar-refractivity contribution is 6.14. The maximum Gasteiger partial charge on any atom is 0.294 e. The lowest BCUT2D eigenvalue weighted by Crippen LogP contribution is -2.42. The van der Waals surface area contributed by atoms with E-state index in [1.807, 2.05) is 0 Å². The van der Waals surface area contributed by atoms with Gasteiger partial charge in [0.2, 0.25) is 5.91 Å². The number of carbonyl (C=O) groups is 2. The maximum absolute atomic E-state index is 12.9. The standard InChI is InChI=1S/C19H13N3O5/c23-18-11-21(15-4-2-1-3-14(15)20-18)19(24)17-10-9-16(27-17)12-5-7-13(8-6-12)22(25)26/h1-10H,11H2,(H,20,23). The van der Waals surface area contributed by atoms with E-state index in [9.17, 15) is 19.7 Å². The van der Waals surface area contributed by atoms with Crippen molar-refractivity contribution in [3.05, 3.63) is 76.5 Å². The molecule has 0 saturated heterocycles. The Bertz CT molecular complexity index is 1060. The third-order valence-corrected chi connectivity index (χ3v) is 4.20. The fraction of sp³-hybridized carbons (Fsp3) is 0.0526. The molecule has 0 saturated carbocycles. The Kier molecular flexibility index (Phi) is 3.92. The molecular weight excluding hydrogens is 350 g/mol. The van der Waals surface area contributed by atoms with Gasteiger partial charge in [-0.05, 0) is 36.4 Å². The number of nitrogens with zero attached hydrogens (tertiary/aromatic N) is 2. The Morgan fingerprint density at radius 3 is 2.56 bits per heavy atom. The van der Waals surface area contributed by atoms with Crippen molar-refractivity contribution in [1.82, 2.24) is 0 Å². The van der Waals surface area contributed by atoms with Gasteiger partial charge in [0.25, 0.3) is 11.6 Å². The summed E-state index contributed by atoms with van der Waals surface area (Å²) in [7, 11) is 0. The first-order valence-corrected chi connectivity index (χ1v) is 8.08. The van der Waals surface area contributed by atoms with Crippen molar-refractivity contribution in [2.24, 2.45) is 0 Å². The average Bonchev–Trinajstić information content (AvgIpc) is 3.17. The maximum atomic E-state index is 12.9. The predicted octanol–water partition coefficient (Wildman–Crippen LogP) is 3.45. The minimum Gasteiger partial charge on any atom is -0.451 e. The van der Waals surface area contributed by atoms with E-state index >= 15 is 0 Å². The molecule has 1 aliphatic heterocycles. The third-order valence-electron chi connectivity index (χ3n) is 4.20. The molecule has 2 amide bonds. The molecule has 1 N–H and O–H groups in total. The molecule has 0 fully saturated rings. The number of furan rings is 1. The first-order chi connectivity index (χ1) is 13.0. The Hall–Kier alpha value is -3.94. The SMILES string of the molecule is O=C1CN(C(=O)c2ccc(-c3ccc([N+](=O)[O-])cc3)o2)c2ccccc2N1. The van der Waals surface area contributed by atoms with E-state index in [-0.39, 0.29) is 23.9 Å². The molecular formula is C19H13N3O5. The Labute approximate surface area is 153 Å². The number of nitro benzene ring substituents is 1. The smallest absolute Gasteiger partial charge is 0.294 e. The first kappa shape index (κ1) is 16.5. The number of fused-ring (bicyclic) bond motifs is 1. The van der Waals surface area contributed by atoms with Crippen LogP contribution in [0.4, 0.5) is 17.1 Å². The lowest BCUT2D eigenvalue weighted by atomic mass is 10.1. The summed E-state index contributed by atoms with van der Waals surface area (Å²) >= 11 is 0. The van der Waals surface area contributed by atoms with E-state index in [0.29, 0.717) is 22.7 Å². The van der Waals surface area contributed by atoms with Crippen LogP contribution in [0.5, 0.6) is 0 Å². The Balaban J connectivity index is 1.63. The number of benzene rings is 2. The second-order valence-electron chi connectivity index (χ2n) is 5.92. The Morgan fingerprint density at radius 2 is 1.81 bits per heavy atom. The molecule has 2 heterocycles. The van der Waals surface area contributed by atoms with Gasteiger partial charge in [-0.2, -0.15) is 0 Å². The summed E-state index contributed by atoms with van der Waals surface area (Å²) in [4.78, 5) is 36.4. The van der Waals surface area contributed by atoms with E-state index in [4.69, 9.17) is 4.42 Å². The van der Waals surface area contributed by atoms with E-state index in [1.165, 1.54) is 23.1 Å². The number of carbonyl (C=O) groups excluding carboxylic acids is 2. The molecule has 8 heteroatoms. The molecule has 27 heavy (non-hydrogen) atoms. The van der Waals surface area contributed by atoms with Crippen molar-refractivity contribution in [2.75, 3.05) is 16.8 Å². The van der Waals surface area contributed by atoms with Gasteiger partial charge in [0.15, 0.2) is 5.76 Å². The zero-order chi connectivity index (χ0) is 19.0. The molecule has 0 spiro atoms. The number of nitro groups is 1. The van der Waals surface area contributed by atoms with Gasteiger partial charge in [-0.3, -0.25) is 24.6 Å². The second kappa shape index (κ2) is 6.41. The van der Waals surface area contributed by atoms with Crippen LogP contribution in [0.2, 0.25) is 0 Å². The van der Waals surface area contributed by atoms with Crippen LogP contribution in [0.1, 0.15) is 10.6 Å². The average molecular weight is 363 g/mol. The van der Waals surface area contributed by atoms with E-state index in [0.717, 1.165) is 0 Å². The third kappa shape index (κ3) is 3.04. The van der Waals surface area contributed by atoms with Crippen LogP contribution < -0.4 is 10.2 Å². The van der Waals surface area contributed by atoms with E-state index in [1.54, 1.807) is 42.5 Å². The minimum atomic E-state index is -0.486. The van der Waals surface area contributed by atoms with Crippen LogP contribution in [0.25, 0.3) is 11.3 Å². The van der Waals surface area contributed by atoms with Crippen LogP contribution in [-0.4, -0.2) is 23.3 Å². The van der Waals surface area contributed by atoms with Crippen molar-refractivity contribution in [3.63, 3.8) is 0 Å². The quantitative estimate of drug-likeness (QED) is 0.567. The van der Waals surface area contributed by atoms with Crippen molar-refractivity contribution < 1.29 is 18.9 Å². The fourth-order valence-corrected chi connectivity index (χ4v) is 2.90.